The Morgan fingerprint density at radius 2 is 1.59 bits per heavy atom. The fourth-order valence-electron chi connectivity index (χ4n) is 2.30. The van der Waals surface area contributed by atoms with Gasteiger partial charge in [-0.25, -0.2) is 0 Å². The van der Waals surface area contributed by atoms with Crippen LogP contribution >= 0.6 is 15.9 Å². The van der Waals surface area contributed by atoms with E-state index in [2.05, 4.69) is 15.9 Å². The molecule has 3 heteroatoms. The molecule has 110 valence electrons. The first-order chi connectivity index (χ1) is 10.7. The molecule has 0 unspecified atom stereocenters. The van der Waals surface area contributed by atoms with Gasteiger partial charge < -0.3 is 9.84 Å². The molecule has 1 N–H and O–H groups in total. The van der Waals surface area contributed by atoms with Gasteiger partial charge in [0.25, 0.3) is 0 Å². The highest BCUT2D eigenvalue weighted by Gasteiger charge is 2.08. The Morgan fingerprint density at radius 3 is 2.36 bits per heavy atom. The third-order valence-corrected chi connectivity index (χ3v) is 3.78. The molecule has 0 atom stereocenters. The van der Waals surface area contributed by atoms with Crippen LogP contribution in [0.15, 0.2) is 77.3 Å². The second-order valence-corrected chi connectivity index (χ2v) is 5.88. The summed E-state index contributed by atoms with van der Waals surface area (Å²) in [5, 5.41) is 9.78. The summed E-state index contributed by atoms with van der Waals surface area (Å²) in [5.41, 5.74) is 2.99. The van der Waals surface area contributed by atoms with Crippen molar-refractivity contribution in [3.8, 4) is 22.6 Å². The highest BCUT2D eigenvalue weighted by Crippen LogP contribution is 2.34. The summed E-state index contributed by atoms with van der Waals surface area (Å²) in [5.74, 6) is 1.02. The first kappa shape index (κ1) is 14.7. The SMILES string of the molecule is Oc1cc(Br)cc(-c2ccccc2OCc2ccccc2)c1. The van der Waals surface area contributed by atoms with Crippen molar-refractivity contribution < 1.29 is 9.84 Å². The quantitative estimate of drug-likeness (QED) is 0.679. The number of benzene rings is 3. The number of hydrogen-bond donors (Lipinski definition) is 1. The van der Waals surface area contributed by atoms with Crippen LogP contribution in [0.2, 0.25) is 0 Å². The predicted octanol–water partition coefficient (Wildman–Crippen LogP) is 5.40. The molecule has 0 aromatic heterocycles. The van der Waals surface area contributed by atoms with E-state index in [0.29, 0.717) is 6.61 Å². The van der Waals surface area contributed by atoms with Crippen molar-refractivity contribution in [3.05, 3.63) is 82.8 Å². The Labute approximate surface area is 138 Å². The van der Waals surface area contributed by atoms with E-state index in [1.54, 1.807) is 12.1 Å². The normalized spacial score (nSPS) is 10.4. The molecule has 0 amide bonds. The van der Waals surface area contributed by atoms with Gasteiger partial charge in [0.2, 0.25) is 0 Å². The zero-order valence-corrected chi connectivity index (χ0v) is 13.5. The average molecular weight is 355 g/mol. The van der Waals surface area contributed by atoms with E-state index in [1.807, 2.05) is 60.7 Å². The van der Waals surface area contributed by atoms with Crippen molar-refractivity contribution in [2.24, 2.45) is 0 Å². The van der Waals surface area contributed by atoms with Crippen LogP contribution in [0.4, 0.5) is 0 Å². The van der Waals surface area contributed by atoms with Gasteiger partial charge in [0.05, 0.1) is 0 Å². The average Bonchev–Trinajstić information content (AvgIpc) is 2.53. The number of ether oxygens (including phenoxy) is 1. The molecule has 2 nitrogen and oxygen atoms in total. The largest absolute Gasteiger partial charge is 0.508 e. The van der Waals surface area contributed by atoms with Gasteiger partial charge >= 0.3 is 0 Å². The Morgan fingerprint density at radius 1 is 0.864 bits per heavy atom. The van der Waals surface area contributed by atoms with E-state index in [1.165, 1.54) is 0 Å². The number of para-hydroxylation sites is 1. The first-order valence-corrected chi connectivity index (χ1v) is 7.77. The Hall–Kier alpha value is -2.26. The van der Waals surface area contributed by atoms with Crippen LogP contribution in [-0.2, 0) is 6.61 Å². The molecule has 0 aliphatic rings. The summed E-state index contributed by atoms with van der Waals surface area (Å²) < 4.78 is 6.79. The molecule has 3 rings (SSSR count). The molecule has 0 aliphatic carbocycles. The first-order valence-electron chi connectivity index (χ1n) is 6.98. The van der Waals surface area contributed by atoms with Gasteiger partial charge in [-0.1, -0.05) is 64.5 Å². The van der Waals surface area contributed by atoms with E-state index in [9.17, 15) is 5.11 Å². The van der Waals surface area contributed by atoms with E-state index in [-0.39, 0.29) is 5.75 Å². The van der Waals surface area contributed by atoms with Gasteiger partial charge in [-0.15, -0.1) is 0 Å². The minimum atomic E-state index is 0.224. The number of rotatable bonds is 4. The lowest BCUT2D eigenvalue weighted by molar-refractivity contribution is 0.307. The number of aromatic hydroxyl groups is 1. The third-order valence-electron chi connectivity index (χ3n) is 3.32. The molecular weight excluding hydrogens is 340 g/mol. The van der Waals surface area contributed by atoms with Crippen LogP contribution < -0.4 is 4.74 Å². The van der Waals surface area contributed by atoms with Crippen molar-refractivity contribution in [2.75, 3.05) is 0 Å². The number of hydrogen-bond acceptors (Lipinski definition) is 2. The lowest BCUT2D eigenvalue weighted by Crippen LogP contribution is -1.96. The summed E-state index contributed by atoms with van der Waals surface area (Å²) >= 11 is 3.41. The maximum atomic E-state index is 9.78. The van der Waals surface area contributed by atoms with Gasteiger partial charge in [-0.3, -0.25) is 0 Å². The summed E-state index contributed by atoms with van der Waals surface area (Å²) in [6.45, 7) is 0.512. The zero-order valence-electron chi connectivity index (χ0n) is 11.9. The van der Waals surface area contributed by atoms with Crippen LogP contribution in [0.25, 0.3) is 11.1 Å². The van der Waals surface area contributed by atoms with Crippen molar-refractivity contribution in [2.45, 2.75) is 6.61 Å². The van der Waals surface area contributed by atoms with Crippen LogP contribution in [-0.4, -0.2) is 5.11 Å². The van der Waals surface area contributed by atoms with Crippen molar-refractivity contribution in [3.63, 3.8) is 0 Å². The Bertz CT molecular complexity index is 749. The molecule has 0 spiro atoms. The second kappa shape index (κ2) is 6.67. The standard InChI is InChI=1S/C19H15BrO2/c20-16-10-15(11-17(21)12-16)18-8-4-5-9-19(18)22-13-14-6-2-1-3-7-14/h1-12,21H,13H2. The highest BCUT2D eigenvalue weighted by atomic mass is 79.9. The van der Waals surface area contributed by atoms with E-state index in [4.69, 9.17) is 4.74 Å². The lowest BCUT2D eigenvalue weighted by Gasteiger charge is -2.12. The van der Waals surface area contributed by atoms with Crippen LogP contribution in [0.5, 0.6) is 11.5 Å². The summed E-state index contributed by atoms with van der Waals surface area (Å²) in [4.78, 5) is 0. The fourth-order valence-corrected chi connectivity index (χ4v) is 2.78. The lowest BCUT2D eigenvalue weighted by atomic mass is 10.0. The molecule has 0 aliphatic heterocycles. The molecule has 0 heterocycles. The third kappa shape index (κ3) is 3.49. The monoisotopic (exact) mass is 354 g/mol. The second-order valence-electron chi connectivity index (χ2n) is 4.97. The number of halogens is 1. The van der Waals surface area contributed by atoms with Crippen LogP contribution in [0.3, 0.4) is 0 Å². The summed E-state index contributed by atoms with van der Waals surface area (Å²) in [7, 11) is 0. The van der Waals surface area contributed by atoms with Gasteiger partial charge in [-0.2, -0.15) is 0 Å². The zero-order chi connectivity index (χ0) is 15.4. The molecule has 22 heavy (non-hydrogen) atoms. The maximum absolute atomic E-state index is 9.78. The van der Waals surface area contributed by atoms with Crippen LogP contribution in [0.1, 0.15) is 5.56 Å². The van der Waals surface area contributed by atoms with Crippen molar-refractivity contribution in [1.29, 1.82) is 0 Å². The minimum Gasteiger partial charge on any atom is -0.508 e. The molecule has 3 aromatic carbocycles. The van der Waals surface area contributed by atoms with Crippen molar-refractivity contribution in [1.82, 2.24) is 0 Å². The smallest absolute Gasteiger partial charge is 0.127 e. The maximum Gasteiger partial charge on any atom is 0.127 e. The molecule has 3 aromatic rings. The summed E-state index contributed by atoms with van der Waals surface area (Å²) in [6, 6.07) is 23.2. The molecule has 0 fully saturated rings. The number of phenols is 1. The van der Waals surface area contributed by atoms with Gasteiger partial charge in [0, 0.05) is 10.0 Å². The molecule has 0 saturated carbocycles. The van der Waals surface area contributed by atoms with E-state index < -0.39 is 0 Å². The molecule has 0 saturated heterocycles. The Balaban J connectivity index is 1.89. The molecule has 0 radical (unpaired) electrons. The van der Waals surface area contributed by atoms with Gasteiger partial charge in [0.15, 0.2) is 0 Å². The Kier molecular flexibility index (Phi) is 4.45. The van der Waals surface area contributed by atoms with E-state index in [0.717, 1.165) is 26.9 Å². The fraction of sp³-hybridized carbons (Fsp3) is 0.0526. The van der Waals surface area contributed by atoms with E-state index >= 15 is 0 Å². The summed E-state index contributed by atoms with van der Waals surface area (Å²) in [6.07, 6.45) is 0. The molecule has 0 bridgehead atoms. The van der Waals surface area contributed by atoms with Gasteiger partial charge in [0.1, 0.15) is 18.1 Å². The number of phenolic OH excluding ortho intramolecular Hbond substituents is 1. The minimum absolute atomic E-state index is 0.224. The van der Waals surface area contributed by atoms with Crippen LogP contribution in [0, 0.1) is 0 Å². The molecular formula is C19H15BrO2. The topological polar surface area (TPSA) is 29.5 Å². The highest BCUT2D eigenvalue weighted by molar-refractivity contribution is 9.10. The van der Waals surface area contributed by atoms with Crippen molar-refractivity contribution >= 4 is 15.9 Å². The predicted molar refractivity (Wildman–Crippen MR) is 92.0 cm³/mol. The van der Waals surface area contributed by atoms with Gasteiger partial charge in [-0.05, 0) is 35.4 Å².